The summed E-state index contributed by atoms with van der Waals surface area (Å²) in [5.41, 5.74) is 2.88. The fraction of sp³-hybridized carbons (Fsp3) is 0.233. The molecule has 0 atom stereocenters. The van der Waals surface area contributed by atoms with Gasteiger partial charge in [0, 0.05) is 17.7 Å². The first-order valence-electron chi connectivity index (χ1n) is 17.2. The molecule has 0 aromatic heterocycles. The molecule has 10 heteroatoms. The number of carbonyl (C=O) groups is 3. The standard InChI is InChI=1S/C43H43FO9/c1-3-26-48-31-49-29-25-32-9-17-38(18-10-32)53-43(47)35-15-21-37(22-16-35)52-42(46)24-12-33-11-23-39(40(44)30-33)34-13-19-36(20-14-34)50-27-7-5-6-8-28-51-41(45)4-2/h3-4,9-24,30H,1-2,5-8,25-29,31H2/b24-12+. The molecule has 0 aliphatic heterocycles. The Morgan fingerprint density at radius 3 is 2.06 bits per heavy atom. The molecule has 0 heterocycles. The molecule has 9 nitrogen and oxygen atoms in total. The first kappa shape index (κ1) is 39.9. The van der Waals surface area contributed by atoms with Gasteiger partial charge in [-0.15, -0.1) is 6.58 Å². The molecule has 0 unspecified atom stereocenters. The molecule has 4 rings (SSSR count). The number of hydrogen-bond acceptors (Lipinski definition) is 9. The molecular formula is C43H43FO9. The van der Waals surface area contributed by atoms with E-state index in [1.165, 1.54) is 42.5 Å². The largest absolute Gasteiger partial charge is 0.494 e. The van der Waals surface area contributed by atoms with Gasteiger partial charge in [0.25, 0.3) is 0 Å². The Bertz CT molecular complexity index is 1810. The second kappa shape index (κ2) is 22.2. The lowest BCUT2D eigenvalue weighted by Crippen LogP contribution is -2.09. The number of hydrogen-bond donors (Lipinski definition) is 0. The van der Waals surface area contributed by atoms with E-state index in [4.69, 9.17) is 28.4 Å². The van der Waals surface area contributed by atoms with E-state index in [1.54, 1.807) is 54.6 Å². The lowest BCUT2D eigenvalue weighted by Gasteiger charge is -2.09. The monoisotopic (exact) mass is 722 g/mol. The molecule has 0 aliphatic carbocycles. The molecule has 0 saturated carbocycles. The second-order valence-corrected chi connectivity index (χ2v) is 11.6. The van der Waals surface area contributed by atoms with Crippen LogP contribution in [0.3, 0.4) is 0 Å². The van der Waals surface area contributed by atoms with Crippen LogP contribution < -0.4 is 14.2 Å². The van der Waals surface area contributed by atoms with Crippen molar-refractivity contribution in [1.82, 2.24) is 0 Å². The quantitative estimate of drug-likeness (QED) is 0.0197. The minimum absolute atomic E-state index is 0.200. The van der Waals surface area contributed by atoms with E-state index in [1.807, 2.05) is 12.1 Å². The second-order valence-electron chi connectivity index (χ2n) is 11.6. The van der Waals surface area contributed by atoms with Crippen molar-refractivity contribution in [3.8, 4) is 28.4 Å². The average molecular weight is 723 g/mol. The summed E-state index contributed by atoms with van der Waals surface area (Å²) in [5, 5.41) is 0. The fourth-order valence-electron chi connectivity index (χ4n) is 4.88. The maximum atomic E-state index is 15.0. The summed E-state index contributed by atoms with van der Waals surface area (Å²) >= 11 is 0. The number of ether oxygens (including phenoxy) is 6. The Hall–Kier alpha value is -5.84. The highest BCUT2D eigenvalue weighted by atomic mass is 19.1. The molecule has 276 valence electrons. The Balaban J connectivity index is 1.17. The predicted octanol–water partition coefficient (Wildman–Crippen LogP) is 8.72. The van der Waals surface area contributed by atoms with Crippen LogP contribution >= 0.6 is 0 Å². The van der Waals surface area contributed by atoms with Crippen molar-refractivity contribution >= 4 is 24.0 Å². The number of unbranched alkanes of at least 4 members (excludes halogenated alkanes) is 3. The normalized spacial score (nSPS) is 10.8. The van der Waals surface area contributed by atoms with Crippen LogP contribution in [0.5, 0.6) is 17.2 Å². The van der Waals surface area contributed by atoms with Crippen LogP contribution in [0.2, 0.25) is 0 Å². The Kier molecular flexibility index (Phi) is 16.7. The fourth-order valence-corrected chi connectivity index (χ4v) is 4.88. The summed E-state index contributed by atoms with van der Waals surface area (Å²) < 4.78 is 47.1. The lowest BCUT2D eigenvalue weighted by atomic mass is 10.0. The summed E-state index contributed by atoms with van der Waals surface area (Å²) in [6.07, 6.45) is 9.67. The van der Waals surface area contributed by atoms with E-state index in [9.17, 15) is 14.4 Å². The van der Waals surface area contributed by atoms with Gasteiger partial charge in [-0.2, -0.15) is 0 Å². The van der Waals surface area contributed by atoms with E-state index in [0.29, 0.717) is 61.0 Å². The zero-order valence-electron chi connectivity index (χ0n) is 29.5. The van der Waals surface area contributed by atoms with Crippen molar-refractivity contribution in [1.29, 1.82) is 0 Å². The smallest absolute Gasteiger partial charge is 0.343 e. The van der Waals surface area contributed by atoms with Crippen molar-refractivity contribution in [2.45, 2.75) is 32.1 Å². The van der Waals surface area contributed by atoms with Crippen LogP contribution in [0.25, 0.3) is 17.2 Å². The van der Waals surface area contributed by atoms with Crippen LogP contribution in [-0.4, -0.2) is 51.1 Å². The van der Waals surface area contributed by atoms with E-state index in [2.05, 4.69) is 13.2 Å². The Labute approximate surface area is 309 Å². The van der Waals surface area contributed by atoms with Crippen LogP contribution in [0.4, 0.5) is 4.39 Å². The van der Waals surface area contributed by atoms with Crippen molar-refractivity contribution in [2.24, 2.45) is 0 Å². The summed E-state index contributed by atoms with van der Waals surface area (Å²) in [7, 11) is 0. The molecule has 0 bridgehead atoms. The zero-order valence-corrected chi connectivity index (χ0v) is 29.5. The highest BCUT2D eigenvalue weighted by Gasteiger charge is 2.11. The SMILES string of the molecule is C=CCOCOCCc1ccc(OC(=O)c2ccc(OC(=O)/C=C/c3ccc(-c4ccc(OCCCCCCOC(=O)C=C)cc4)c(F)c3)cc2)cc1. The van der Waals surface area contributed by atoms with E-state index >= 15 is 4.39 Å². The molecule has 0 spiro atoms. The van der Waals surface area contributed by atoms with Gasteiger partial charge in [0.15, 0.2) is 0 Å². The first-order valence-corrected chi connectivity index (χ1v) is 17.2. The maximum absolute atomic E-state index is 15.0. The van der Waals surface area contributed by atoms with Gasteiger partial charge in [-0.05, 0) is 109 Å². The van der Waals surface area contributed by atoms with Crippen molar-refractivity contribution in [2.75, 3.05) is 33.2 Å². The molecule has 0 saturated heterocycles. The topological polar surface area (TPSA) is 107 Å². The molecule has 0 fully saturated rings. The molecule has 53 heavy (non-hydrogen) atoms. The number of benzene rings is 4. The van der Waals surface area contributed by atoms with Crippen LogP contribution in [-0.2, 0) is 30.2 Å². The van der Waals surface area contributed by atoms with Gasteiger partial charge >= 0.3 is 17.9 Å². The first-order chi connectivity index (χ1) is 25.8. The molecule has 0 N–H and O–H groups in total. The van der Waals surface area contributed by atoms with E-state index in [0.717, 1.165) is 37.3 Å². The minimum atomic E-state index is -0.663. The van der Waals surface area contributed by atoms with Gasteiger partial charge in [0.1, 0.15) is 29.9 Å². The van der Waals surface area contributed by atoms with Gasteiger partial charge in [0.05, 0.1) is 32.0 Å². The average Bonchev–Trinajstić information content (AvgIpc) is 3.17. The Morgan fingerprint density at radius 1 is 0.679 bits per heavy atom. The van der Waals surface area contributed by atoms with E-state index < -0.39 is 23.7 Å². The molecule has 4 aromatic rings. The molecule has 4 aromatic carbocycles. The summed E-state index contributed by atoms with van der Waals surface area (Å²) in [5.74, 6) is -0.757. The van der Waals surface area contributed by atoms with Gasteiger partial charge in [-0.1, -0.05) is 49.1 Å². The van der Waals surface area contributed by atoms with Crippen LogP contribution in [0, 0.1) is 5.82 Å². The molecular weight excluding hydrogens is 679 g/mol. The van der Waals surface area contributed by atoms with Gasteiger partial charge < -0.3 is 28.4 Å². The van der Waals surface area contributed by atoms with Crippen molar-refractivity contribution in [3.63, 3.8) is 0 Å². The number of carbonyl (C=O) groups excluding carboxylic acids is 3. The highest BCUT2D eigenvalue weighted by molar-refractivity contribution is 5.92. The number of rotatable bonds is 22. The third kappa shape index (κ3) is 14.4. The van der Waals surface area contributed by atoms with E-state index in [-0.39, 0.29) is 18.1 Å². The van der Waals surface area contributed by atoms with Crippen LogP contribution in [0.15, 0.2) is 122 Å². The van der Waals surface area contributed by atoms with Gasteiger partial charge in [-0.3, -0.25) is 0 Å². The van der Waals surface area contributed by atoms with Gasteiger partial charge in [0.2, 0.25) is 0 Å². The summed E-state index contributed by atoms with van der Waals surface area (Å²) in [6, 6.07) is 25.0. The maximum Gasteiger partial charge on any atom is 0.343 e. The molecule has 0 amide bonds. The number of esters is 3. The van der Waals surface area contributed by atoms with Gasteiger partial charge in [-0.25, -0.2) is 18.8 Å². The van der Waals surface area contributed by atoms with Crippen LogP contribution in [0.1, 0.15) is 47.2 Å². The molecule has 0 radical (unpaired) electrons. The third-order valence-corrected chi connectivity index (χ3v) is 7.67. The van der Waals surface area contributed by atoms with Crippen molar-refractivity contribution in [3.05, 3.63) is 145 Å². The predicted molar refractivity (Wildman–Crippen MR) is 200 cm³/mol. The number of halogens is 1. The lowest BCUT2D eigenvalue weighted by molar-refractivity contribution is -0.137. The Morgan fingerprint density at radius 2 is 1.36 bits per heavy atom. The van der Waals surface area contributed by atoms with Crippen molar-refractivity contribution < 1.29 is 47.2 Å². The minimum Gasteiger partial charge on any atom is -0.494 e. The summed E-state index contributed by atoms with van der Waals surface area (Å²) in [6.45, 7) is 9.00. The molecule has 0 aliphatic rings. The highest BCUT2D eigenvalue weighted by Crippen LogP contribution is 2.26. The summed E-state index contributed by atoms with van der Waals surface area (Å²) in [4.78, 5) is 36.1. The zero-order chi connectivity index (χ0) is 37.7. The third-order valence-electron chi connectivity index (χ3n) is 7.67.